The Kier molecular flexibility index (Phi) is 6.75. The standard InChI is InChI=1S/C27H22F2N2O/c28-23-5-1-19(2-6-23)17-25(21-9-13-30-14-10-21)27(32)26(22-11-15-31-16-12-22)18-20-3-7-24(29)8-4-20/h1-16,25-26H,17-18H2. The third-order valence-electron chi connectivity index (χ3n) is 5.61. The summed E-state index contributed by atoms with van der Waals surface area (Å²) in [7, 11) is 0. The number of hydrogen-bond acceptors (Lipinski definition) is 3. The van der Waals surface area contributed by atoms with Crippen LogP contribution < -0.4 is 0 Å². The molecule has 3 nitrogen and oxygen atoms in total. The number of carbonyl (C=O) groups is 1. The first-order valence-corrected chi connectivity index (χ1v) is 10.4. The summed E-state index contributed by atoms with van der Waals surface area (Å²) in [5.74, 6) is -1.47. The van der Waals surface area contributed by atoms with Crippen LogP contribution in [0.3, 0.4) is 0 Å². The van der Waals surface area contributed by atoms with E-state index in [0.717, 1.165) is 22.3 Å². The molecule has 0 fully saturated rings. The largest absolute Gasteiger partial charge is 0.298 e. The van der Waals surface area contributed by atoms with Crippen molar-refractivity contribution < 1.29 is 13.6 Å². The minimum Gasteiger partial charge on any atom is -0.298 e. The number of benzene rings is 2. The first-order chi connectivity index (χ1) is 15.6. The summed E-state index contributed by atoms with van der Waals surface area (Å²) in [5, 5.41) is 0. The number of aromatic nitrogens is 2. The van der Waals surface area contributed by atoms with E-state index in [-0.39, 0.29) is 17.4 Å². The molecular weight excluding hydrogens is 406 g/mol. The van der Waals surface area contributed by atoms with Crippen molar-refractivity contribution in [2.24, 2.45) is 0 Å². The minimum absolute atomic E-state index is 0.0380. The summed E-state index contributed by atoms with van der Waals surface area (Å²) in [4.78, 5) is 22.2. The van der Waals surface area contributed by atoms with Crippen LogP contribution in [0, 0.1) is 11.6 Å². The van der Waals surface area contributed by atoms with Crippen LogP contribution in [0.1, 0.15) is 34.1 Å². The maximum atomic E-state index is 14.0. The molecule has 0 saturated carbocycles. The molecule has 32 heavy (non-hydrogen) atoms. The first-order valence-electron chi connectivity index (χ1n) is 10.4. The van der Waals surface area contributed by atoms with Crippen LogP contribution in [-0.4, -0.2) is 15.8 Å². The molecule has 2 aromatic carbocycles. The van der Waals surface area contributed by atoms with Crippen LogP contribution in [0.15, 0.2) is 97.6 Å². The number of hydrogen-bond donors (Lipinski definition) is 0. The van der Waals surface area contributed by atoms with Crippen LogP contribution in [-0.2, 0) is 17.6 Å². The highest BCUT2D eigenvalue weighted by molar-refractivity contribution is 5.92. The molecule has 5 heteroatoms. The molecule has 0 spiro atoms. The topological polar surface area (TPSA) is 42.9 Å². The maximum absolute atomic E-state index is 14.0. The molecule has 0 N–H and O–H groups in total. The maximum Gasteiger partial charge on any atom is 0.148 e. The average molecular weight is 428 g/mol. The number of rotatable bonds is 8. The lowest BCUT2D eigenvalue weighted by atomic mass is 9.78. The fourth-order valence-electron chi connectivity index (χ4n) is 3.91. The lowest BCUT2D eigenvalue weighted by Crippen LogP contribution is -2.24. The van der Waals surface area contributed by atoms with Gasteiger partial charge in [-0.2, -0.15) is 0 Å². The predicted octanol–water partition coefficient (Wildman–Crippen LogP) is 5.68. The molecule has 4 rings (SSSR count). The Hall–Kier alpha value is -3.73. The van der Waals surface area contributed by atoms with Crippen molar-refractivity contribution in [1.29, 1.82) is 0 Å². The molecule has 4 aromatic rings. The molecule has 0 saturated heterocycles. The molecule has 0 aliphatic rings. The van der Waals surface area contributed by atoms with Crippen molar-refractivity contribution in [3.8, 4) is 0 Å². The van der Waals surface area contributed by atoms with Gasteiger partial charge in [-0.3, -0.25) is 14.8 Å². The summed E-state index contributed by atoms with van der Waals surface area (Å²) >= 11 is 0. The molecular formula is C27H22F2N2O. The minimum atomic E-state index is -0.443. The van der Waals surface area contributed by atoms with E-state index < -0.39 is 11.8 Å². The first kappa shape index (κ1) is 21.5. The van der Waals surface area contributed by atoms with E-state index in [1.807, 2.05) is 24.3 Å². The Balaban J connectivity index is 1.71. The molecule has 0 amide bonds. The van der Waals surface area contributed by atoms with Crippen molar-refractivity contribution in [2.45, 2.75) is 24.7 Å². The highest BCUT2D eigenvalue weighted by atomic mass is 19.1. The summed E-state index contributed by atoms with van der Waals surface area (Å²) < 4.78 is 26.8. The normalized spacial score (nSPS) is 12.8. The third kappa shape index (κ3) is 5.30. The Labute approximate surface area is 185 Å². The second-order valence-electron chi connectivity index (χ2n) is 7.73. The van der Waals surface area contributed by atoms with Crippen LogP contribution in [0.4, 0.5) is 8.78 Å². The molecule has 2 atom stereocenters. The van der Waals surface area contributed by atoms with E-state index in [1.165, 1.54) is 24.3 Å². The Bertz CT molecular complexity index is 1050. The van der Waals surface area contributed by atoms with E-state index in [1.54, 1.807) is 49.1 Å². The van der Waals surface area contributed by atoms with Crippen LogP contribution >= 0.6 is 0 Å². The van der Waals surface area contributed by atoms with Gasteiger partial charge in [0, 0.05) is 36.6 Å². The fraction of sp³-hybridized carbons (Fsp3) is 0.148. The van der Waals surface area contributed by atoms with Crippen molar-refractivity contribution in [2.75, 3.05) is 0 Å². The number of halogens is 2. The zero-order valence-corrected chi connectivity index (χ0v) is 17.4. The fourth-order valence-corrected chi connectivity index (χ4v) is 3.91. The van der Waals surface area contributed by atoms with E-state index in [0.29, 0.717) is 12.8 Å². The monoisotopic (exact) mass is 428 g/mol. The van der Waals surface area contributed by atoms with E-state index in [4.69, 9.17) is 0 Å². The number of ketones is 1. The van der Waals surface area contributed by atoms with Crippen molar-refractivity contribution in [1.82, 2.24) is 9.97 Å². The van der Waals surface area contributed by atoms with Gasteiger partial charge in [0.05, 0.1) is 0 Å². The van der Waals surface area contributed by atoms with Crippen molar-refractivity contribution >= 4 is 5.78 Å². The van der Waals surface area contributed by atoms with Gasteiger partial charge in [0.15, 0.2) is 0 Å². The molecule has 0 radical (unpaired) electrons. The molecule has 2 heterocycles. The average Bonchev–Trinajstić information content (AvgIpc) is 2.84. The molecule has 2 unspecified atom stereocenters. The smallest absolute Gasteiger partial charge is 0.148 e. The zero-order valence-electron chi connectivity index (χ0n) is 17.4. The number of carbonyl (C=O) groups excluding carboxylic acids is 1. The van der Waals surface area contributed by atoms with Gasteiger partial charge in [-0.05, 0) is 83.6 Å². The van der Waals surface area contributed by atoms with Gasteiger partial charge >= 0.3 is 0 Å². The number of pyridine rings is 2. The lowest BCUT2D eigenvalue weighted by Gasteiger charge is -2.24. The third-order valence-corrected chi connectivity index (χ3v) is 5.61. The molecule has 0 aliphatic heterocycles. The highest BCUT2D eigenvalue weighted by Gasteiger charge is 2.30. The highest BCUT2D eigenvalue weighted by Crippen LogP contribution is 2.32. The van der Waals surface area contributed by atoms with E-state index >= 15 is 0 Å². The van der Waals surface area contributed by atoms with Crippen molar-refractivity contribution in [3.63, 3.8) is 0 Å². The SMILES string of the molecule is O=C(C(Cc1ccc(F)cc1)c1ccncc1)C(Cc1ccc(F)cc1)c1ccncc1. The van der Waals surface area contributed by atoms with Crippen LogP contribution in [0.2, 0.25) is 0 Å². The van der Waals surface area contributed by atoms with Gasteiger partial charge in [-0.1, -0.05) is 24.3 Å². The van der Waals surface area contributed by atoms with Crippen LogP contribution in [0.25, 0.3) is 0 Å². The van der Waals surface area contributed by atoms with Gasteiger partial charge in [0.2, 0.25) is 0 Å². The molecule has 0 bridgehead atoms. The summed E-state index contributed by atoms with van der Waals surface area (Å²) in [6.45, 7) is 0. The summed E-state index contributed by atoms with van der Waals surface area (Å²) in [6.07, 6.45) is 7.55. The van der Waals surface area contributed by atoms with Gasteiger partial charge in [-0.25, -0.2) is 8.78 Å². The second kappa shape index (κ2) is 10.1. The Morgan fingerprint density at radius 2 is 0.938 bits per heavy atom. The molecule has 2 aromatic heterocycles. The van der Waals surface area contributed by atoms with Gasteiger partial charge in [0.1, 0.15) is 17.4 Å². The Morgan fingerprint density at radius 3 is 1.28 bits per heavy atom. The predicted molar refractivity (Wildman–Crippen MR) is 119 cm³/mol. The van der Waals surface area contributed by atoms with E-state index in [2.05, 4.69) is 9.97 Å². The van der Waals surface area contributed by atoms with Gasteiger partial charge < -0.3 is 0 Å². The Morgan fingerprint density at radius 1 is 0.594 bits per heavy atom. The van der Waals surface area contributed by atoms with E-state index in [9.17, 15) is 13.6 Å². The molecule has 160 valence electrons. The number of nitrogens with zero attached hydrogens (tertiary/aromatic N) is 2. The number of Topliss-reactive ketones (excluding diaryl/α,β-unsaturated/α-hetero) is 1. The van der Waals surface area contributed by atoms with Gasteiger partial charge in [0.25, 0.3) is 0 Å². The van der Waals surface area contributed by atoms with Gasteiger partial charge in [-0.15, -0.1) is 0 Å². The summed E-state index contributed by atoms with van der Waals surface area (Å²) in [6, 6.07) is 19.8. The molecule has 0 aliphatic carbocycles. The lowest BCUT2D eigenvalue weighted by molar-refractivity contribution is -0.122. The van der Waals surface area contributed by atoms with Crippen molar-refractivity contribution in [3.05, 3.63) is 131 Å². The summed E-state index contributed by atoms with van der Waals surface area (Å²) in [5.41, 5.74) is 3.45. The van der Waals surface area contributed by atoms with Crippen LogP contribution in [0.5, 0.6) is 0 Å². The quantitative estimate of drug-likeness (QED) is 0.363. The second-order valence-corrected chi connectivity index (χ2v) is 7.73. The zero-order chi connectivity index (χ0) is 22.3.